The molecule has 0 aromatic heterocycles. The van der Waals surface area contributed by atoms with Crippen LogP contribution in [-0.2, 0) is 9.53 Å². The van der Waals surface area contributed by atoms with Crippen LogP contribution < -0.4 is 10.6 Å². The van der Waals surface area contributed by atoms with Crippen molar-refractivity contribution in [3.8, 4) is 0 Å². The molecule has 4 nitrogen and oxygen atoms in total. The lowest BCUT2D eigenvalue weighted by atomic mass is 9.92. The van der Waals surface area contributed by atoms with Crippen molar-refractivity contribution in [1.82, 2.24) is 10.6 Å². The van der Waals surface area contributed by atoms with Gasteiger partial charge in [0.1, 0.15) is 0 Å². The van der Waals surface area contributed by atoms with E-state index >= 15 is 0 Å². The van der Waals surface area contributed by atoms with Crippen molar-refractivity contribution in [2.75, 3.05) is 13.7 Å². The van der Waals surface area contributed by atoms with Crippen molar-refractivity contribution < 1.29 is 9.53 Å². The molecule has 0 saturated heterocycles. The molecular formula is C13H26N2O2. The molecule has 1 aliphatic carbocycles. The zero-order valence-electron chi connectivity index (χ0n) is 11.3. The topological polar surface area (TPSA) is 50.4 Å². The van der Waals surface area contributed by atoms with Gasteiger partial charge in [0.15, 0.2) is 0 Å². The van der Waals surface area contributed by atoms with Gasteiger partial charge in [0, 0.05) is 32.2 Å². The average molecular weight is 242 g/mol. The quantitative estimate of drug-likeness (QED) is 0.741. The van der Waals surface area contributed by atoms with Crippen molar-refractivity contribution in [3.05, 3.63) is 0 Å². The van der Waals surface area contributed by atoms with E-state index in [4.69, 9.17) is 4.74 Å². The van der Waals surface area contributed by atoms with E-state index in [0.717, 1.165) is 19.4 Å². The van der Waals surface area contributed by atoms with Gasteiger partial charge in [-0.1, -0.05) is 12.8 Å². The maximum Gasteiger partial charge on any atom is 0.221 e. The highest BCUT2D eigenvalue weighted by molar-refractivity contribution is 5.76. The van der Waals surface area contributed by atoms with E-state index in [-0.39, 0.29) is 11.9 Å². The summed E-state index contributed by atoms with van der Waals surface area (Å²) in [7, 11) is 1.77. The van der Waals surface area contributed by atoms with E-state index in [2.05, 4.69) is 10.6 Å². The van der Waals surface area contributed by atoms with Gasteiger partial charge in [-0.25, -0.2) is 0 Å². The minimum absolute atomic E-state index is 0.122. The second kappa shape index (κ2) is 7.67. The van der Waals surface area contributed by atoms with Gasteiger partial charge in [-0.15, -0.1) is 0 Å². The molecule has 1 fully saturated rings. The fourth-order valence-corrected chi connectivity index (χ4v) is 2.38. The molecule has 0 spiro atoms. The minimum atomic E-state index is 0.122. The van der Waals surface area contributed by atoms with Gasteiger partial charge in [0.05, 0.1) is 6.10 Å². The van der Waals surface area contributed by atoms with Crippen molar-refractivity contribution in [2.45, 2.75) is 64.1 Å². The molecule has 1 rings (SSSR count). The SMILES string of the molecule is COC1CCCCC1NCCC(=O)NC(C)C. The number of carbonyl (C=O) groups excluding carboxylic acids is 1. The smallest absolute Gasteiger partial charge is 0.221 e. The second-order valence-electron chi connectivity index (χ2n) is 5.09. The van der Waals surface area contributed by atoms with Crippen LogP contribution in [0.4, 0.5) is 0 Å². The number of nitrogens with one attached hydrogen (secondary N) is 2. The van der Waals surface area contributed by atoms with E-state index < -0.39 is 0 Å². The number of amides is 1. The average Bonchev–Trinajstić information content (AvgIpc) is 2.28. The number of carbonyl (C=O) groups is 1. The lowest BCUT2D eigenvalue weighted by molar-refractivity contribution is -0.121. The number of hydrogen-bond acceptors (Lipinski definition) is 3. The van der Waals surface area contributed by atoms with Crippen LogP contribution in [0, 0.1) is 0 Å². The Morgan fingerprint density at radius 3 is 2.71 bits per heavy atom. The number of methoxy groups -OCH3 is 1. The Hall–Kier alpha value is -0.610. The van der Waals surface area contributed by atoms with E-state index in [1.165, 1.54) is 12.8 Å². The van der Waals surface area contributed by atoms with Crippen LogP contribution >= 0.6 is 0 Å². The molecule has 1 amide bonds. The molecule has 0 bridgehead atoms. The molecule has 2 N–H and O–H groups in total. The molecule has 1 aliphatic rings. The fraction of sp³-hybridized carbons (Fsp3) is 0.923. The van der Waals surface area contributed by atoms with E-state index in [1.54, 1.807) is 7.11 Å². The normalized spacial score (nSPS) is 24.9. The first-order chi connectivity index (χ1) is 8.13. The minimum Gasteiger partial charge on any atom is -0.380 e. The summed E-state index contributed by atoms with van der Waals surface area (Å²) in [5, 5.41) is 6.34. The van der Waals surface area contributed by atoms with Gasteiger partial charge in [0.2, 0.25) is 5.91 Å². The Morgan fingerprint density at radius 1 is 1.35 bits per heavy atom. The maximum absolute atomic E-state index is 11.5. The summed E-state index contributed by atoms with van der Waals surface area (Å²) >= 11 is 0. The molecule has 2 unspecified atom stereocenters. The lowest BCUT2D eigenvalue weighted by Gasteiger charge is -2.31. The Labute approximate surface area is 104 Å². The van der Waals surface area contributed by atoms with E-state index in [1.807, 2.05) is 13.8 Å². The zero-order valence-corrected chi connectivity index (χ0v) is 11.3. The molecule has 0 aromatic carbocycles. The highest BCUT2D eigenvalue weighted by Gasteiger charge is 2.24. The predicted molar refractivity (Wildman–Crippen MR) is 69.0 cm³/mol. The van der Waals surface area contributed by atoms with Crippen LogP contribution in [0.5, 0.6) is 0 Å². The van der Waals surface area contributed by atoms with Gasteiger partial charge >= 0.3 is 0 Å². The van der Waals surface area contributed by atoms with Crippen molar-refractivity contribution in [3.63, 3.8) is 0 Å². The molecule has 2 atom stereocenters. The summed E-state index contributed by atoms with van der Waals surface area (Å²) in [6.45, 7) is 4.70. The first-order valence-corrected chi connectivity index (χ1v) is 6.69. The Bertz CT molecular complexity index is 231. The highest BCUT2D eigenvalue weighted by atomic mass is 16.5. The Morgan fingerprint density at radius 2 is 2.06 bits per heavy atom. The molecule has 0 aliphatic heterocycles. The highest BCUT2D eigenvalue weighted by Crippen LogP contribution is 2.20. The molecule has 0 aromatic rings. The first-order valence-electron chi connectivity index (χ1n) is 6.69. The lowest BCUT2D eigenvalue weighted by Crippen LogP contribution is -2.44. The fourth-order valence-electron chi connectivity index (χ4n) is 2.38. The standard InChI is InChI=1S/C13H26N2O2/c1-10(2)15-13(16)8-9-14-11-6-4-5-7-12(11)17-3/h10-12,14H,4-9H2,1-3H3,(H,15,16). The van der Waals surface area contributed by atoms with Crippen molar-refractivity contribution >= 4 is 5.91 Å². The van der Waals surface area contributed by atoms with Gasteiger partial charge < -0.3 is 15.4 Å². The third kappa shape index (κ3) is 5.50. The third-order valence-corrected chi connectivity index (χ3v) is 3.21. The molecule has 0 heterocycles. The number of rotatable bonds is 6. The first kappa shape index (κ1) is 14.5. The van der Waals surface area contributed by atoms with Crippen LogP contribution in [0.2, 0.25) is 0 Å². The Kier molecular flexibility index (Phi) is 6.52. The zero-order chi connectivity index (χ0) is 12.7. The van der Waals surface area contributed by atoms with Crippen LogP contribution in [0.1, 0.15) is 46.0 Å². The molecular weight excluding hydrogens is 216 g/mol. The van der Waals surface area contributed by atoms with Gasteiger partial charge in [-0.05, 0) is 26.7 Å². The van der Waals surface area contributed by atoms with Gasteiger partial charge in [-0.2, -0.15) is 0 Å². The summed E-state index contributed by atoms with van der Waals surface area (Å²) < 4.78 is 5.46. The monoisotopic (exact) mass is 242 g/mol. The second-order valence-corrected chi connectivity index (χ2v) is 5.09. The molecule has 4 heteroatoms. The molecule has 0 radical (unpaired) electrons. The molecule has 1 saturated carbocycles. The summed E-state index contributed by atoms with van der Waals surface area (Å²) in [6.07, 6.45) is 5.67. The Balaban J connectivity index is 2.18. The predicted octanol–water partition coefficient (Wildman–Crippen LogP) is 1.45. The van der Waals surface area contributed by atoms with Crippen molar-refractivity contribution in [1.29, 1.82) is 0 Å². The van der Waals surface area contributed by atoms with Crippen LogP contribution in [0.25, 0.3) is 0 Å². The van der Waals surface area contributed by atoms with Crippen LogP contribution in [0.3, 0.4) is 0 Å². The number of hydrogen-bond donors (Lipinski definition) is 2. The summed E-state index contributed by atoms with van der Waals surface area (Å²) in [5.74, 6) is 0.122. The maximum atomic E-state index is 11.5. The largest absolute Gasteiger partial charge is 0.380 e. The third-order valence-electron chi connectivity index (χ3n) is 3.21. The van der Waals surface area contributed by atoms with Gasteiger partial charge in [-0.3, -0.25) is 4.79 Å². The van der Waals surface area contributed by atoms with Crippen molar-refractivity contribution in [2.24, 2.45) is 0 Å². The summed E-state index contributed by atoms with van der Waals surface area (Å²) in [4.78, 5) is 11.5. The van der Waals surface area contributed by atoms with Crippen LogP contribution in [-0.4, -0.2) is 37.7 Å². The van der Waals surface area contributed by atoms with Crippen LogP contribution in [0.15, 0.2) is 0 Å². The summed E-state index contributed by atoms with van der Waals surface area (Å²) in [6, 6.07) is 0.643. The summed E-state index contributed by atoms with van der Waals surface area (Å²) in [5.41, 5.74) is 0. The van der Waals surface area contributed by atoms with E-state index in [9.17, 15) is 4.79 Å². The number of ether oxygens (including phenoxy) is 1. The van der Waals surface area contributed by atoms with Gasteiger partial charge in [0.25, 0.3) is 0 Å². The molecule has 17 heavy (non-hydrogen) atoms. The van der Waals surface area contributed by atoms with E-state index in [0.29, 0.717) is 18.6 Å². The molecule has 100 valence electrons.